The van der Waals surface area contributed by atoms with E-state index in [-0.39, 0.29) is 0 Å². The molecule has 0 N–H and O–H groups in total. The van der Waals surface area contributed by atoms with E-state index in [1.165, 1.54) is 59.2 Å². The fourth-order valence-electron chi connectivity index (χ4n) is 6.33. The molecule has 1 aliphatic heterocycles. The van der Waals surface area contributed by atoms with E-state index in [9.17, 15) is 0 Å². The van der Waals surface area contributed by atoms with Crippen molar-refractivity contribution in [1.82, 2.24) is 15.4 Å². The molecular weight excluding hydrogens is 444 g/mol. The van der Waals surface area contributed by atoms with Crippen LogP contribution in [-0.2, 0) is 0 Å². The number of benzene rings is 2. The largest absolute Gasteiger partial charge is 0.371 e. The van der Waals surface area contributed by atoms with Gasteiger partial charge in [0.1, 0.15) is 11.5 Å². The minimum atomic E-state index is 0.301. The van der Waals surface area contributed by atoms with E-state index >= 15 is 0 Å². The van der Waals surface area contributed by atoms with Gasteiger partial charge < -0.3 is 9.42 Å². The zero-order valence-corrected chi connectivity index (χ0v) is 21.3. The highest BCUT2D eigenvalue weighted by molar-refractivity contribution is 5.86. The summed E-state index contributed by atoms with van der Waals surface area (Å²) in [6.45, 7) is 8.49. The summed E-state index contributed by atoms with van der Waals surface area (Å²) in [6, 6.07) is 15.2. The molecule has 0 atom stereocenters. The van der Waals surface area contributed by atoms with E-state index in [4.69, 9.17) is 4.52 Å². The van der Waals surface area contributed by atoms with Crippen LogP contribution in [-0.4, -0.2) is 28.4 Å². The van der Waals surface area contributed by atoms with Gasteiger partial charge in [-0.2, -0.15) is 10.2 Å². The van der Waals surface area contributed by atoms with E-state index in [0.29, 0.717) is 11.3 Å². The fourth-order valence-corrected chi connectivity index (χ4v) is 6.33. The minimum absolute atomic E-state index is 0.301. The Bertz CT molecular complexity index is 1500. The highest BCUT2D eigenvalue weighted by atomic mass is 16.5. The molecule has 1 spiro atoms. The number of nitrogens with zero attached hydrogens (tertiary/aromatic N) is 4. The van der Waals surface area contributed by atoms with Crippen LogP contribution in [0.2, 0.25) is 0 Å². The van der Waals surface area contributed by atoms with Crippen LogP contribution in [0, 0.1) is 26.2 Å². The van der Waals surface area contributed by atoms with Crippen LogP contribution in [0.5, 0.6) is 0 Å². The molecule has 0 unspecified atom stereocenters. The van der Waals surface area contributed by atoms with Gasteiger partial charge in [0, 0.05) is 41.2 Å². The number of hydrogen-bond acceptors (Lipinski definition) is 5. The number of fused-ring (bicyclic) bond motifs is 1. The first-order valence-electron chi connectivity index (χ1n) is 13.3. The second-order valence-corrected chi connectivity index (χ2v) is 11.2. The average Bonchev–Trinajstić information content (AvgIpc) is 3.62. The molecule has 2 fully saturated rings. The van der Waals surface area contributed by atoms with Crippen LogP contribution in [0.1, 0.15) is 66.2 Å². The third kappa shape index (κ3) is 3.56. The summed E-state index contributed by atoms with van der Waals surface area (Å²) in [5.74, 6) is 1.67. The number of anilines is 1. The molecule has 3 heterocycles. The van der Waals surface area contributed by atoms with Crippen molar-refractivity contribution in [3.63, 3.8) is 0 Å². The van der Waals surface area contributed by atoms with Gasteiger partial charge in [-0.1, -0.05) is 35.5 Å². The Kier molecular flexibility index (Phi) is 4.85. The molecular formula is C31H32N4O. The molecule has 0 amide bonds. The molecule has 1 saturated heterocycles. The number of piperidine rings is 1. The summed E-state index contributed by atoms with van der Waals surface area (Å²) in [6.07, 6.45) is 8.49. The van der Waals surface area contributed by atoms with Crippen LogP contribution in [0.4, 0.5) is 5.69 Å². The summed E-state index contributed by atoms with van der Waals surface area (Å²) in [4.78, 5) is 2.51. The Labute approximate surface area is 212 Å². The third-order valence-electron chi connectivity index (χ3n) is 8.55. The van der Waals surface area contributed by atoms with Gasteiger partial charge in [-0.05, 0) is 93.2 Å². The normalized spacial score (nSPS) is 19.0. The van der Waals surface area contributed by atoms with Crippen molar-refractivity contribution in [1.29, 1.82) is 0 Å². The van der Waals surface area contributed by atoms with E-state index in [1.54, 1.807) is 0 Å². The summed E-state index contributed by atoms with van der Waals surface area (Å²) in [7, 11) is 0. The molecule has 2 aromatic heterocycles. The zero-order valence-electron chi connectivity index (χ0n) is 21.3. The molecule has 0 radical (unpaired) electrons. The predicted octanol–water partition coefficient (Wildman–Crippen LogP) is 7.16. The maximum absolute atomic E-state index is 6.02. The van der Waals surface area contributed by atoms with Gasteiger partial charge in [-0.3, -0.25) is 0 Å². The van der Waals surface area contributed by atoms with E-state index in [0.717, 1.165) is 47.6 Å². The highest BCUT2D eigenvalue weighted by Crippen LogP contribution is 2.56. The van der Waals surface area contributed by atoms with Gasteiger partial charge >= 0.3 is 0 Å². The first-order chi connectivity index (χ1) is 17.5. The second kappa shape index (κ2) is 8.02. The van der Waals surface area contributed by atoms with Crippen LogP contribution in [0.25, 0.3) is 27.7 Å². The lowest BCUT2D eigenvalue weighted by Crippen LogP contribution is -2.42. The Morgan fingerprint density at radius 1 is 0.917 bits per heavy atom. The predicted molar refractivity (Wildman–Crippen MR) is 144 cm³/mol. The Hall–Kier alpha value is -3.47. The van der Waals surface area contributed by atoms with Gasteiger partial charge in [-0.25, -0.2) is 0 Å². The van der Waals surface area contributed by atoms with Crippen molar-refractivity contribution >= 4 is 22.2 Å². The van der Waals surface area contributed by atoms with Crippen molar-refractivity contribution in [2.75, 3.05) is 18.0 Å². The number of rotatable bonds is 4. The minimum Gasteiger partial charge on any atom is -0.371 e. The second-order valence-electron chi connectivity index (χ2n) is 11.2. The first kappa shape index (κ1) is 21.8. The third-order valence-corrected chi connectivity index (χ3v) is 8.55. The van der Waals surface area contributed by atoms with Crippen LogP contribution in [0.3, 0.4) is 0 Å². The van der Waals surface area contributed by atoms with Crippen LogP contribution < -0.4 is 4.90 Å². The van der Waals surface area contributed by atoms with Crippen molar-refractivity contribution in [3.05, 3.63) is 76.7 Å². The Balaban J connectivity index is 1.15. The van der Waals surface area contributed by atoms with E-state index < -0.39 is 0 Å². The molecule has 0 bridgehead atoms. The average molecular weight is 477 g/mol. The standard InChI is InChI=1S/C31H32N4O/c1-19-5-4-6-20(2)27(19)29-28(30(36-34-29)22-7-8-22)24-17-31(18-24)11-13-35(14-12-31)25-10-9-23-15-21(3)32-33-26(23)16-25/h4-6,9-10,15-17,22H,7-8,11-14,18H2,1-3H3. The lowest BCUT2D eigenvalue weighted by atomic mass is 9.63. The summed E-state index contributed by atoms with van der Waals surface area (Å²) in [5.41, 5.74) is 11.1. The lowest BCUT2D eigenvalue weighted by molar-refractivity contribution is 0.277. The smallest absolute Gasteiger partial charge is 0.147 e. The van der Waals surface area contributed by atoms with Gasteiger partial charge in [0.15, 0.2) is 0 Å². The van der Waals surface area contributed by atoms with Gasteiger partial charge in [0.05, 0.1) is 11.2 Å². The Morgan fingerprint density at radius 2 is 1.67 bits per heavy atom. The molecule has 7 rings (SSSR count). The van der Waals surface area contributed by atoms with Gasteiger partial charge in [0.25, 0.3) is 0 Å². The molecule has 5 nitrogen and oxygen atoms in total. The van der Waals surface area contributed by atoms with E-state index in [2.05, 4.69) is 82.6 Å². The topological polar surface area (TPSA) is 55.1 Å². The quantitative estimate of drug-likeness (QED) is 0.313. The molecule has 5 heteroatoms. The first-order valence-corrected chi connectivity index (χ1v) is 13.3. The number of aryl methyl sites for hydroxylation is 3. The van der Waals surface area contributed by atoms with E-state index in [1.807, 2.05) is 6.92 Å². The molecule has 2 aliphatic carbocycles. The number of aromatic nitrogens is 3. The molecule has 1 saturated carbocycles. The molecule has 4 aromatic rings. The summed E-state index contributed by atoms with van der Waals surface area (Å²) in [5, 5.41) is 14.5. The molecule has 3 aliphatic rings. The molecule has 2 aromatic carbocycles. The lowest BCUT2D eigenvalue weighted by Gasteiger charge is -2.47. The van der Waals surface area contributed by atoms with Crippen molar-refractivity contribution < 1.29 is 4.52 Å². The van der Waals surface area contributed by atoms with Crippen molar-refractivity contribution in [3.8, 4) is 11.3 Å². The molecule has 36 heavy (non-hydrogen) atoms. The number of hydrogen-bond donors (Lipinski definition) is 0. The molecule has 182 valence electrons. The van der Waals surface area contributed by atoms with Crippen LogP contribution >= 0.6 is 0 Å². The van der Waals surface area contributed by atoms with Gasteiger partial charge in [0.2, 0.25) is 0 Å². The van der Waals surface area contributed by atoms with Gasteiger partial charge in [-0.15, -0.1) is 0 Å². The zero-order chi connectivity index (χ0) is 24.4. The SMILES string of the molecule is Cc1cc2ccc(N3CCC4(C=C(c5c(-c6c(C)cccc6C)noc5C5CC5)C4)CC3)cc2nn1. The fraction of sp³-hybridized carbons (Fsp3) is 0.387. The van der Waals surface area contributed by atoms with Crippen LogP contribution in [0.15, 0.2) is 53.1 Å². The Morgan fingerprint density at radius 3 is 2.39 bits per heavy atom. The number of allylic oxidation sites excluding steroid dienone is 2. The summed E-state index contributed by atoms with van der Waals surface area (Å²) < 4.78 is 6.02. The van der Waals surface area contributed by atoms with Crippen molar-refractivity contribution in [2.24, 2.45) is 5.41 Å². The maximum Gasteiger partial charge on any atom is 0.147 e. The highest BCUT2D eigenvalue weighted by Gasteiger charge is 2.44. The summed E-state index contributed by atoms with van der Waals surface area (Å²) >= 11 is 0. The maximum atomic E-state index is 6.02. The van der Waals surface area contributed by atoms with Crippen molar-refractivity contribution in [2.45, 2.75) is 58.8 Å². The monoisotopic (exact) mass is 476 g/mol.